The maximum Gasteiger partial charge on any atom is 0.329 e. The SMILES string of the molecule is CNC(C)C(=O)NC1(C(=O)O)CCCCCC1. The maximum absolute atomic E-state index is 11.8. The summed E-state index contributed by atoms with van der Waals surface area (Å²) in [6, 6.07) is -0.366. The molecule has 1 rings (SSSR count). The molecule has 1 fully saturated rings. The summed E-state index contributed by atoms with van der Waals surface area (Å²) in [5.74, 6) is -1.15. The van der Waals surface area contributed by atoms with E-state index in [0.717, 1.165) is 25.7 Å². The van der Waals surface area contributed by atoms with Gasteiger partial charge in [0.2, 0.25) is 5.91 Å². The quantitative estimate of drug-likeness (QED) is 0.640. The van der Waals surface area contributed by atoms with E-state index in [2.05, 4.69) is 10.6 Å². The third-order valence-electron chi connectivity index (χ3n) is 3.56. The van der Waals surface area contributed by atoms with E-state index in [4.69, 9.17) is 0 Å². The number of carbonyl (C=O) groups is 2. The minimum Gasteiger partial charge on any atom is -0.480 e. The first-order chi connectivity index (χ1) is 8.02. The van der Waals surface area contributed by atoms with Gasteiger partial charge in [-0.3, -0.25) is 4.79 Å². The Morgan fingerprint density at radius 3 is 2.12 bits per heavy atom. The Morgan fingerprint density at radius 1 is 1.18 bits per heavy atom. The van der Waals surface area contributed by atoms with Crippen molar-refractivity contribution in [2.24, 2.45) is 0 Å². The largest absolute Gasteiger partial charge is 0.480 e. The number of hydrogen-bond donors (Lipinski definition) is 3. The molecular weight excluding hydrogens is 220 g/mol. The van der Waals surface area contributed by atoms with Crippen LogP contribution in [-0.2, 0) is 9.59 Å². The molecule has 1 atom stereocenters. The number of likely N-dealkylation sites (N-methyl/N-ethyl adjacent to an activating group) is 1. The normalized spacial score (nSPS) is 21.3. The standard InChI is InChI=1S/C12H22N2O3/c1-9(13-2)10(15)14-12(11(16)17)7-5-3-4-6-8-12/h9,13H,3-8H2,1-2H3,(H,14,15)(H,16,17). The first-order valence-electron chi connectivity index (χ1n) is 6.24. The highest BCUT2D eigenvalue weighted by atomic mass is 16.4. The summed E-state index contributed by atoms with van der Waals surface area (Å²) in [5.41, 5.74) is -1.06. The van der Waals surface area contributed by atoms with E-state index in [-0.39, 0.29) is 11.9 Å². The highest BCUT2D eigenvalue weighted by Gasteiger charge is 2.40. The van der Waals surface area contributed by atoms with Gasteiger partial charge in [0.25, 0.3) is 0 Å². The fourth-order valence-electron chi connectivity index (χ4n) is 2.20. The van der Waals surface area contributed by atoms with Gasteiger partial charge in [-0.2, -0.15) is 0 Å². The molecule has 1 aliphatic carbocycles. The minimum absolute atomic E-state index is 0.239. The van der Waals surface area contributed by atoms with Crippen LogP contribution >= 0.6 is 0 Å². The molecule has 3 N–H and O–H groups in total. The van der Waals surface area contributed by atoms with Crippen molar-refractivity contribution in [2.45, 2.75) is 57.0 Å². The highest BCUT2D eigenvalue weighted by Crippen LogP contribution is 2.27. The van der Waals surface area contributed by atoms with Crippen LogP contribution in [-0.4, -0.2) is 35.6 Å². The Morgan fingerprint density at radius 2 is 1.71 bits per heavy atom. The van der Waals surface area contributed by atoms with Gasteiger partial charge in [0.15, 0.2) is 0 Å². The monoisotopic (exact) mass is 242 g/mol. The maximum atomic E-state index is 11.8. The van der Waals surface area contributed by atoms with Gasteiger partial charge in [0, 0.05) is 0 Å². The zero-order valence-electron chi connectivity index (χ0n) is 10.6. The number of carboxylic acids is 1. The van der Waals surface area contributed by atoms with Crippen molar-refractivity contribution in [3.8, 4) is 0 Å². The summed E-state index contributed by atoms with van der Waals surface area (Å²) in [7, 11) is 1.69. The Labute approximate surface area is 102 Å². The molecule has 0 saturated heterocycles. The van der Waals surface area contributed by atoms with Crippen molar-refractivity contribution in [1.29, 1.82) is 0 Å². The summed E-state index contributed by atoms with van der Waals surface area (Å²) < 4.78 is 0. The molecule has 1 amide bonds. The van der Waals surface area contributed by atoms with Gasteiger partial charge in [-0.25, -0.2) is 4.79 Å². The highest BCUT2D eigenvalue weighted by molar-refractivity contribution is 5.89. The number of rotatable bonds is 4. The molecule has 5 heteroatoms. The third-order valence-corrected chi connectivity index (χ3v) is 3.56. The van der Waals surface area contributed by atoms with Crippen LogP contribution in [0.25, 0.3) is 0 Å². The van der Waals surface area contributed by atoms with Crippen LogP contribution in [0.3, 0.4) is 0 Å². The molecule has 0 aromatic rings. The van der Waals surface area contributed by atoms with E-state index in [1.807, 2.05) is 0 Å². The number of carboxylic acid groups (broad SMARTS) is 1. The average molecular weight is 242 g/mol. The topological polar surface area (TPSA) is 78.4 Å². The minimum atomic E-state index is -1.06. The van der Waals surface area contributed by atoms with E-state index in [9.17, 15) is 14.7 Å². The van der Waals surface area contributed by atoms with Crippen LogP contribution in [0.1, 0.15) is 45.4 Å². The molecule has 0 heterocycles. The molecule has 5 nitrogen and oxygen atoms in total. The molecule has 0 bridgehead atoms. The van der Waals surface area contributed by atoms with Gasteiger partial charge in [0.05, 0.1) is 6.04 Å². The second-order valence-electron chi connectivity index (χ2n) is 4.80. The summed E-state index contributed by atoms with van der Waals surface area (Å²) in [4.78, 5) is 23.3. The smallest absolute Gasteiger partial charge is 0.329 e. The van der Waals surface area contributed by atoms with E-state index >= 15 is 0 Å². The summed E-state index contributed by atoms with van der Waals surface area (Å²) >= 11 is 0. The second kappa shape index (κ2) is 6.00. The van der Waals surface area contributed by atoms with Crippen molar-refractivity contribution in [3.63, 3.8) is 0 Å². The fraction of sp³-hybridized carbons (Fsp3) is 0.833. The van der Waals surface area contributed by atoms with Crippen LogP contribution in [0.2, 0.25) is 0 Å². The molecule has 1 aliphatic rings. The molecule has 0 aliphatic heterocycles. The Balaban J connectivity index is 2.77. The van der Waals surface area contributed by atoms with Crippen molar-refractivity contribution in [2.75, 3.05) is 7.05 Å². The molecule has 98 valence electrons. The molecule has 17 heavy (non-hydrogen) atoms. The molecule has 0 aromatic heterocycles. The lowest BCUT2D eigenvalue weighted by molar-refractivity contribution is -0.148. The van der Waals surface area contributed by atoms with Crippen molar-refractivity contribution >= 4 is 11.9 Å². The van der Waals surface area contributed by atoms with Gasteiger partial charge >= 0.3 is 5.97 Å². The average Bonchev–Trinajstić information content (AvgIpc) is 2.54. The summed E-state index contributed by atoms with van der Waals surface area (Å²) in [5, 5.41) is 14.9. The van der Waals surface area contributed by atoms with E-state index in [1.165, 1.54) is 0 Å². The molecule has 0 aromatic carbocycles. The van der Waals surface area contributed by atoms with Gasteiger partial charge < -0.3 is 15.7 Å². The number of amides is 1. The zero-order chi connectivity index (χ0) is 12.9. The lowest BCUT2D eigenvalue weighted by Gasteiger charge is -2.30. The molecule has 1 unspecified atom stereocenters. The molecular formula is C12H22N2O3. The van der Waals surface area contributed by atoms with Crippen LogP contribution in [0, 0.1) is 0 Å². The van der Waals surface area contributed by atoms with Crippen molar-refractivity contribution < 1.29 is 14.7 Å². The van der Waals surface area contributed by atoms with Gasteiger partial charge in [0.1, 0.15) is 5.54 Å². The number of nitrogens with one attached hydrogen (secondary N) is 2. The lowest BCUT2D eigenvalue weighted by atomic mass is 9.90. The van der Waals surface area contributed by atoms with Crippen molar-refractivity contribution in [1.82, 2.24) is 10.6 Å². The van der Waals surface area contributed by atoms with Gasteiger partial charge in [-0.15, -0.1) is 0 Å². The van der Waals surface area contributed by atoms with Crippen LogP contribution in [0.4, 0.5) is 0 Å². The molecule has 0 spiro atoms. The van der Waals surface area contributed by atoms with Crippen LogP contribution < -0.4 is 10.6 Å². The molecule has 0 radical (unpaired) electrons. The second-order valence-corrected chi connectivity index (χ2v) is 4.80. The van der Waals surface area contributed by atoms with Gasteiger partial charge in [-0.1, -0.05) is 25.7 Å². The van der Waals surface area contributed by atoms with Crippen LogP contribution in [0.15, 0.2) is 0 Å². The predicted molar refractivity (Wildman–Crippen MR) is 64.7 cm³/mol. The Hall–Kier alpha value is -1.10. The predicted octanol–water partition coefficient (Wildman–Crippen LogP) is 0.888. The third kappa shape index (κ3) is 3.43. The zero-order valence-corrected chi connectivity index (χ0v) is 10.6. The number of aliphatic carboxylic acids is 1. The number of carbonyl (C=O) groups excluding carboxylic acids is 1. The first kappa shape index (κ1) is 14.0. The Bertz CT molecular complexity index is 283. The van der Waals surface area contributed by atoms with Crippen LogP contribution in [0.5, 0.6) is 0 Å². The summed E-state index contributed by atoms with van der Waals surface area (Å²) in [6.45, 7) is 1.72. The van der Waals surface area contributed by atoms with Gasteiger partial charge in [-0.05, 0) is 26.8 Å². The Kier molecular flexibility index (Phi) is 4.93. The van der Waals surface area contributed by atoms with E-state index in [1.54, 1.807) is 14.0 Å². The lowest BCUT2D eigenvalue weighted by Crippen LogP contribution is -2.57. The van der Waals surface area contributed by atoms with Crippen molar-refractivity contribution in [3.05, 3.63) is 0 Å². The number of hydrogen-bond acceptors (Lipinski definition) is 3. The fourth-order valence-corrected chi connectivity index (χ4v) is 2.20. The summed E-state index contributed by atoms with van der Waals surface area (Å²) in [6.07, 6.45) is 4.88. The van der Waals surface area contributed by atoms with E-state index in [0.29, 0.717) is 12.8 Å². The first-order valence-corrected chi connectivity index (χ1v) is 6.24. The van der Waals surface area contributed by atoms with E-state index < -0.39 is 11.5 Å². The molecule has 1 saturated carbocycles.